The van der Waals surface area contributed by atoms with Gasteiger partial charge in [0.1, 0.15) is 18.7 Å². The quantitative estimate of drug-likeness (QED) is 0.0861. The van der Waals surface area contributed by atoms with Crippen molar-refractivity contribution < 1.29 is 77.2 Å². The van der Waals surface area contributed by atoms with Crippen molar-refractivity contribution in [2.45, 2.75) is 95.0 Å². The fourth-order valence-electron chi connectivity index (χ4n) is 11.3. The van der Waals surface area contributed by atoms with E-state index in [0.717, 1.165) is 28.5 Å². The molecule has 1 aliphatic heterocycles. The number of phosphoric ester groups is 1. The van der Waals surface area contributed by atoms with Crippen LogP contribution in [-0.2, 0) is 58.5 Å². The lowest BCUT2D eigenvalue weighted by molar-refractivity contribution is -0.200. The van der Waals surface area contributed by atoms with Gasteiger partial charge in [0.15, 0.2) is 23.5 Å². The number of rotatable bonds is 20. The summed E-state index contributed by atoms with van der Waals surface area (Å²) in [4.78, 5) is 106. The summed E-state index contributed by atoms with van der Waals surface area (Å²) < 4.78 is 30.0. The maximum atomic E-state index is 14.4. The molecular weight excluding hydrogens is 940 g/mol. The highest BCUT2D eigenvalue weighted by atomic mass is 32.2. The highest BCUT2D eigenvalue weighted by Crippen LogP contribution is 2.70. The number of carbonyl (C=O) groups is 7. The predicted octanol–water partition coefficient (Wildman–Crippen LogP) is 2.55. The number of fused-ring (bicyclic) bond motifs is 7. The van der Waals surface area contributed by atoms with Crippen molar-refractivity contribution >= 4 is 66.5 Å². The molecule has 372 valence electrons. The van der Waals surface area contributed by atoms with E-state index in [1.54, 1.807) is 42.5 Å². The fraction of sp³-hybridized carbons (Fsp3) is 0.511. The smallest absolute Gasteiger partial charge is 0.470 e. The van der Waals surface area contributed by atoms with Crippen LogP contribution in [0.25, 0.3) is 0 Å². The molecule has 2 aromatic rings. The fourth-order valence-corrected chi connectivity index (χ4v) is 12.4. The van der Waals surface area contributed by atoms with Crippen LogP contribution in [0.2, 0.25) is 0 Å². The molecule has 69 heavy (non-hydrogen) atoms. The van der Waals surface area contributed by atoms with E-state index in [-0.39, 0.29) is 47.9 Å². The molecule has 4 fully saturated rings. The van der Waals surface area contributed by atoms with Gasteiger partial charge in [-0.3, -0.25) is 38.1 Å². The van der Waals surface area contributed by atoms with E-state index in [9.17, 15) is 58.1 Å². The molecule has 0 radical (unpaired) electrons. The van der Waals surface area contributed by atoms with Gasteiger partial charge in [-0.2, -0.15) is 0 Å². The number of carboxylic acid groups (broad SMARTS) is 2. The minimum absolute atomic E-state index is 0.0263. The third-order valence-corrected chi connectivity index (χ3v) is 16.0. The Morgan fingerprint density at radius 1 is 1.03 bits per heavy atom. The van der Waals surface area contributed by atoms with Crippen LogP contribution < -0.4 is 21.7 Å². The number of carboxylic acids is 2. The number of phosphoric acid groups is 1. The molecule has 3 saturated carbocycles. The summed E-state index contributed by atoms with van der Waals surface area (Å²) in [7, 11) is -5.06. The van der Waals surface area contributed by atoms with Crippen molar-refractivity contribution in [2.24, 2.45) is 34.3 Å². The maximum absolute atomic E-state index is 14.4. The first-order valence-electron chi connectivity index (χ1n) is 22.5. The van der Waals surface area contributed by atoms with Crippen molar-refractivity contribution in [2.75, 3.05) is 30.0 Å². The average Bonchev–Trinajstić information content (AvgIpc) is 3.79. The van der Waals surface area contributed by atoms with Gasteiger partial charge in [-0.15, -0.1) is 11.8 Å². The van der Waals surface area contributed by atoms with Gasteiger partial charge in [-0.1, -0.05) is 61.9 Å². The molecule has 7 rings (SSSR count). The minimum atomic E-state index is -5.06. The third-order valence-electron chi connectivity index (χ3n) is 14.5. The number of ether oxygens (including phenoxy) is 2. The molecule has 0 spiro atoms. The van der Waals surface area contributed by atoms with E-state index in [0.29, 0.717) is 36.9 Å². The molecule has 5 aliphatic rings. The van der Waals surface area contributed by atoms with E-state index in [4.69, 9.17) is 24.8 Å². The van der Waals surface area contributed by atoms with Crippen LogP contribution in [0.4, 0.5) is 5.69 Å². The van der Waals surface area contributed by atoms with E-state index in [1.165, 1.54) is 0 Å². The van der Waals surface area contributed by atoms with Gasteiger partial charge in [0.05, 0.1) is 24.5 Å². The zero-order chi connectivity index (χ0) is 50.1. The van der Waals surface area contributed by atoms with Crippen LogP contribution in [0.5, 0.6) is 0 Å². The summed E-state index contributed by atoms with van der Waals surface area (Å²) in [5.41, 5.74) is 5.60. The number of benzene rings is 2. The Bertz CT molecular complexity index is 2480. The summed E-state index contributed by atoms with van der Waals surface area (Å²) in [6.45, 7) is 2.46. The van der Waals surface area contributed by atoms with Crippen LogP contribution in [0, 0.1) is 28.6 Å². The van der Waals surface area contributed by atoms with Crippen LogP contribution in [0.3, 0.4) is 0 Å². The van der Waals surface area contributed by atoms with Crippen LogP contribution in [0.15, 0.2) is 72.3 Å². The van der Waals surface area contributed by atoms with E-state index >= 15 is 0 Å². The number of thioether (sulfide) groups is 1. The molecule has 11 atom stereocenters. The topological polar surface area (TPSA) is 328 Å². The zero-order valence-corrected chi connectivity index (χ0v) is 39.6. The van der Waals surface area contributed by atoms with Gasteiger partial charge in [-0.05, 0) is 85.8 Å². The number of nitrogens with two attached hydrogens (primary N) is 1. The SMILES string of the molecule is C[C@]12C=CC(=O)C=C1CC[C@@H]1[C@@H]2[C@@H](O)C[C@@]2(C)[C@H]1C[C@H]1O[C@@H](c3ccc(Cc4cccc(NC(=O)[C@H](CCC(=O)O)NC(=O)CNC(=O)CSC[C@H](N)C(=O)O)c4)cc3)O[C@]12C(=O)COP(=O)(O)O. The highest BCUT2D eigenvalue weighted by Gasteiger charge is 2.76. The first-order chi connectivity index (χ1) is 32.5. The second-order valence-electron chi connectivity index (χ2n) is 18.8. The van der Waals surface area contributed by atoms with Gasteiger partial charge in [-0.25, -0.2) is 4.57 Å². The monoisotopic (exact) mass is 996 g/mol. The van der Waals surface area contributed by atoms with Crippen molar-refractivity contribution in [3.05, 3.63) is 89.0 Å². The Morgan fingerprint density at radius 2 is 1.77 bits per heavy atom. The molecule has 3 amide bonds. The number of aliphatic carboxylic acids is 2. The van der Waals surface area contributed by atoms with Crippen LogP contribution in [0.1, 0.15) is 75.4 Å². The second-order valence-corrected chi connectivity index (χ2v) is 21.1. The second kappa shape index (κ2) is 20.7. The zero-order valence-electron chi connectivity index (χ0n) is 37.9. The largest absolute Gasteiger partial charge is 0.481 e. The summed E-state index contributed by atoms with van der Waals surface area (Å²) in [5, 5.41) is 37.7. The van der Waals surface area contributed by atoms with E-state index in [2.05, 4.69) is 16.0 Å². The molecule has 1 heterocycles. The van der Waals surface area contributed by atoms with Crippen LogP contribution >= 0.6 is 19.6 Å². The average molecular weight is 997 g/mol. The summed E-state index contributed by atoms with van der Waals surface area (Å²) in [6, 6.07) is 11.7. The molecule has 20 nitrogen and oxygen atoms in total. The Labute approximate surface area is 401 Å². The van der Waals surface area contributed by atoms with Gasteiger partial charge in [0.2, 0.25) is 17.7 Å². The highest BCUT2D eigenvalue weighted by molar-refractivity contribution is 8.00. The number of aliphatic hydroxyl groups is 1. The lowest BCUT2D eigenvalue weighted by Crippen LogP contribution is -2.63. The number of aliphatic hydroxyl groups excluding tert-OH is 1. The van der Waals surface area contributed by atoms with Crippen molar-refractivity contribution in [3.63, 3.8) is 0 Å². The Balaban J connectivity index is 1.01. The van der Waals surface area contributed by atoms with Crippen molar-refractivity contribution in [1.82, 2.24) is 10.6 Å². The molecular formula is C47H57N4O16PS. The molecule has 1 saturated heterocycles. The molecule has 0 unspecified atom stereocenters. The molecule has 22 heteroatoms. The number of allylic oxidation sites excluding steroid dienone is 4. The summed E-state index contributed by atoms with van der Waals surface area (Å²) >= 11 is 0.965. The molecule has 4 aliphatic carbocycles. The summed E-state index contributed by atoms with van der Waals surface area (Å²) in [6.07, 6.45) is 3.78. The predicted molar refractivity (Wildman–Crippen MR) is 247 cm³/mol. The van der Waals surface area contributed by atoms with E-state index < -0.39 is 110 Å². The van der Waals surface area contributed by atoms with Gasteiger partial charge in [0, 0.05) is 40.2 Å². The number of Topliss-reactive ketones (excluding diaryl/α,β-unsaturated/α-hetero) is 1. The van der Waals surface area contributed by atoms with Crippen molar-refractivity contribution in [3.8, 4) is 0 Å². The first-order valence-corrected chi connectivity index (χ1v) is 25.2. The standard InChI is InChI=1S/C47H57N4O16PS/c1-45-15-14-30(52)18-28(45)10-11-31-32-19-37-47(36(54)22-65-68(62,63)64,46(32,2)20-35(53)41(31)45)67-44(66-37)27-8-6-25(7-9-27)16-26-4-3-5-29(17-26)50-42(59)34(12-13-40(57)58)51-38(55)21-49-39(56)24-69-23-33(48)43(60)61/h3-9,14-15,17-18,31-35,37,41,44,53H,10-13,16,19-24,48H2,1-2H3,(H,49,56)(H,50,59)(H,51,55)(H,57,58)(H,60,61)(H2,62,63,64)/t31-,32-,33-,34-,35-,37+,41+,44+,45-,46-,47+/m0/s1. The maximum Gasteiger partial charge on any atom is 0.470 e. The third kappa shape index (κ3) is 11.1. The van der Waals surface area contributed by atoms with E-state index in [1.807, 2.05) is 38.1 Å². The number of amides is 3. The number of hydrogen-bond acceptors (Lipinski definition) is 14. The van der Waals surface area contributed by atoms with Crippen LogP contribution in [-0.4, -0.2) is 121 Å². The lowest BCUT2D eigenvalue weighted by Gasteiger charge is -2.59. The van der Waals surface area contributed by atoms with Gasteiger partial charge < -0.3 is 56.3 Å². The van der Waals surface area contributed by atoms with Crippen molar-refractivity contribution in [1.29, 1.82) is 0 Å². The Morgan fingerprint density at radius 3 is 2.46 bits per heavy atom. The molecule has 0 bridgehead atoms. The summed E-state index contributed by atoms with van der Waals surface area (Å²) in [5.74, 6) is -5.94. The Kier molecular flexibility index (Phi) is 15.5. The van der Waals surface area contributed by atoms with Gasteiger partial charge in [0.25, 0.3) is 0 Å². The first kappa shape index (κ1) is 51.8. The molecule has 0 aromatic heterocycles. The van der Waals surface area contributed by atoms with Gasteiger partial charge >= 0.3 is 19.8 Å². The normalized spacial score (nSPS) is 29.8. The number of hydrogen-bond donors (Lipinski definition) is 9. The number of nitrogens with one attached hydrogen (secondary N) is 3. The molecule has 2 aromatic carbocycles. The number of ketones is 2. The molecule has 10 N–H and O–H groups in total. The number of carbonyl (C=O) groups excluding carboxylic acids is 5. The Hall–Kier alpha value is -5.09. The number of anilines is 1. The minimum Gasteiger partial charge on any atom is -0.481 e. The lowest BCUT2D eigenvalue weighted by atomic mass is 9.46.